The second-order valence-corrected chi connectivity index (χ2v) is 4.97. The van der Waals surface area contributed by atoms with Crippen LogP contribution in [0.1, 0.15) is 16.8 Å². The standard InChI is InChI=1S/C19H13FN2O/c20-17-8-4-7-16(13-17)14-22-12-11-18(21-19(22)23)10-9-15-5-2-1-3-6-15/h1-8,11-13H,14H2. The first kappa shape index (κ1) is 14.7. The Morgan fingerprint density at radius 1 is 1.00 bits per heavy atom. The molecule has 0 amide bonds. The molecule has 0 saturated heterocycles. The van der Waals surface area contributed by atoms with Crippen LogP contribution < -0.4 is 5.69 Å². The molecule has 112 valence electrons. The van der Waals surface area contributed by atoms with Crippen LogP contribution in [-0.4, -0.2) is 9.55 Å². The maximum Gasteiger partial charge on any atom is 0.349 e. The van der Waals surface area contributed by atoms with Gasteiger partial charge in [0.05, 0.1) is 6.54 Å². The Kier molecular flexibility index (Phi) is 4.30. The zero-order valence-corrected chi connectivity index (χ0v) is 12.2. The van der Waals surface area contributed by atoms with Crippen LogP contribution in [0.15, 0.2) is 71.7 Å². The molecule has 0 aliphatic rings. The van der Waals surface area contributed by atoms with E-state index < -0.39 is 5.69 Å². The van der Waals surface area contributed by atoms with Crippen molar-refractivity contribution < 1.29 is 4.39 Å². The Labute approximate surface area is 133 Å². The highest BCUT2D eigenvalue weighted by Crippen LogP contribution is 2.04. The fourth-order valence-electron chi connectivity index (χ4n) is 2.11. The third-order valence-electron chi connectivity index (χ3n) is 3.22. The Hall–Kier alpha value is -3.19. The number of benzene rings is 2. The fraction of sp³-hybridized carbons (Fsp3) is 0.0526. The van der Waals surface area contributed by atoms with Crippen molar-refractivity contribution in [1.29, 1.82) is 0 Å². The van der Waals surface area contributed by atoms with Crippen molar-refractivity contribution in [3.8, 4) is 11.8 Å². The highest BCUT2D eigenvalue weighted by Gasteiger charge is 2.01. The second-order valence-electron chi connectivity index (χ2n) is 4.97. The highest BCUT2D eigenvalue weighted by atomic mass is 19.1. The molecule has 1 aromatic heterocycles. The van der Waals surface area contributed by atoms with Crippen molar-refractivity contribution in [3.63, 3.8) is 0 Å². The molecule has 2 aromatic carbocycles. The third-order valence-corrected chi connectivity index (χ3v) is 3.22. The second kappa shape index (κ2) is 6.71. The molecule has 3 aromatic rings. The Balaban J connectivity index is 1.81. The molecule has 1 heterocycles. The molecule has 0 aliphatic carbocycles. The summed E-state index contributed by atoms with van der Waals surface area (Å²) >= 11 is 0. The van der Waals surface area contributed by atoms with Crippen molar-refractivity contribution in [2.24, 2.45) is 0 Å². The van der Waals surface area contributed by atoms with Gasteiger partial charge >= 0.3 is 5.69 Å². The van der Waals surface area contributed by atoms with Crippen LogP contribution in [0.4, 0.5) is 4.39 Å². The molecule has 0 saturated carbocycles. The van der Waals surface area contributed by atoms with Gasteiger partial charge in [0.1, 0.15) is 11.5 Å². The molecule has 0 fully saturated rings. The fourth-order valence-corrected chi connectivity index (χ4v) is 2.11. The summed E-state index contributed by atoms with van der Waals surface area (Å²) in [7, 11) is 0. The molecular weight excluding hydrogens is 291 g/mol. The van der Waals surface area contributed by atoms with Gasteiger partial charge in [0.25, 0.3) is 0 Å². The molecule has 0 spiro atoms. The van der Waals surface area contributed by atoms with E-state index in [0.717, 1.165) is 5.56 Å². The number of hydrogen-bond acceptors (Lipinski definition) is 2. The molecule has 4 heteroatoms. The van der Waals surface area contributed by atoms with E-state index in [1.807, 2.05) is 30.3 Å². The number of hydrogen-bond donors (Lipinski definition) is 0. The lowest BCUT2D eigenvalue weighted by Gasteiger charge is -2.05. The van der Waals surface area contributed by atoms with E-state index >= 15 is 0 Å². The lowest BCUT2D eigenvalue weighted by molar-refractivity contribution is 0.622. The third kappa shape index (κ3) is 3.92. The maximum absolute atomic E-state index is 13.2. The first-order valence-electron chi connectivity index (χ1n) is 7.10. The summed E-state index contributed by atoms with van der Waals surface area (Å²) < 4.78 is 14.6. The SMILES string of the molecule is O=c1nc(C#Cc2ccccc2)ccn1Cc1cccc(F)c1. The quantitative estimate of drug-likeness (QED) is 0.682. The topological polar surface area (TPSA) is 34.9 Å². The van der Waals surface area contributed by atoms with Crippen LogP contribution >= 0.6 is 0 Å². The lowest BCUT2D eigenvalue weighted by atomic mass is 10.2. The first-order chi connectivity index (χ1) is 11.2. The first-order valence-corrected chi connectivity index (χ1v) is 7.10. The molecule has 3 nitrogen and oxygen atoms in total. The molecule has 0 unspecified atom stereocenters. The van der Waals surface area contributed by atoms with E-state index in [9.17, 15) is 9.18 Å². The zero-order valence-electron chi connectivity index (χ0n) is 12.2. The average molecular weight is 304 g/mol. The summed E-state index contributed by atoms with van der Waals surface area (Å²) in [5, 5.41) is 0. The molecule has 0 bridgehead atoms. The van der Waals surface area contributed by atoms with Gasteiger partial charge in [0.15, 0.2) is 0 Å². The van der Waals surface area contributed by atoms with E-state index in [1.54, 1.807) is 24.4 Å². The van der Waals surface area contributed by atoms with Gasteiger partial charge in [-0.25, -0.2) is 9.18 Å². The molecular formula is C19H13FN2O. The minimum absolute atomic E-state index is 0.274. The summed E-state index contributed by atoms with van der Waals surface area (Å²) in [6, 6.07) is 17.3. The predicted octanol–water partition coefficient (Wildman–Crippen LogP) is 2.83. The summed E-state index contributed by atoms with van der Waals surface area (Å²) in [6.07, 6.45) is 1.62. The van der Waals surface area contributed by atoms with Crippen molar-refractivity contribution in [3.05, 3.63) is 100.0 Å². The van der Waals surface area contributed by atoms with E-state index in [4.69, 9.17) is 0 Å². The van der Waals surface area contributed by atoms with Gasteiger partial charge in [-0.15, -0.1) is 0 Å². The highest BCUT2D eigenvalue weighted by molar-refractivity contribution is 5.39. The monoisotopic (exact) mass is 304 g/mol. The van der Waals surface area contributed by atoms with E-state index in [1.165, 1.54) is 16.7 Å². The number of aromatic nitrogens is 2. The number of halogens is 1. The van der Waals surface area contributed by atoms with Crippen LogP contribution in [0.5, 0.6) is 0 Å². The summed E-state index contributed by atoms with van der Waals surface area (Å²) in [5.41, 5.74) is 1.57. The molecule has 0 radical (unpaired) electrons. The molecule has 0 aliphatic heterocycles. The largest absolute Gasteiger partial charge is 0.349 e. The van der Waals surface area contributed by atoms with Gasteiger partial charge in [-0.05, 0) is 41.8 Å². The number of rotatable bonds is 2. The van der Waals surface area contributed by atoms with Gasteiger partial charge in [0.2, 0.25) is 0 Å². The smallest absolute Gasteiger partial charge is 0.295 e. The van der Waals surface area contributed by atoms with Crippen molar-refractivity contribution in [1.82, 2.24) is 9.55 Å². The van der Waals surface area contributed by atoms with Crippen LogP contribution in [0, 0.1) is 17.7 Å². The lowest BCUT2D eigenvalue weighted by Crippen LogP contribution is -2.23. The summed E-state index contributed by atoms with van der Waals surface area (Å²) in [5.74, 6) is 5.50. The zero-order chi connectivity index (χ0) is 16.1. The van der Waals surface area contributed by atoms with Gasteiger partial charge in [-0.3, -0.25) is 4.57 Å². The molecule has 0 N–H and O–H groups in total. The van der Waals surface area contributed by atoms with E-state index in [-0.39, 0.29) is 12.4 Å². The average Bonchev–Trinajstić information content (AvgIpc) is 2.56. The van der Waals surface area contributed by atoms with E-state index in [0.29, 0.717) is 11.3 Å². The minimum Gasteiger partial charge on any atom is -0.295 e. The molecule has 3 rings (SSSR count). The minimum atomic E-state index is -0.408. The maximum atomic E-state index is 13.2. The van der Waals surface area contributed by atoms with Gasteiger partial charge < -0.3 is 0 Å². The Morgan fingerprint density at radius 3 is 2.57 bits per heavy atom. The van der Waals surface area contributed by atoms with Crippen LogP contribution in [0.25, 0.3) is 0 Å². The van der Waals surface area contributed by atoms with E-state index in [2.05, 4.69) is 16.8 Å². The summed E-state index contributed by atoms with van der Waals surface area (Å²) in [6.45, 7) is 0.274. The van der Waals surface area contributed by atoms with Crippen LogP contribution in [0.2, 0.25) is 0 Å². The van der Waals surface area contributed by atoms with Gasteiger partial charge in [-0.1, -0.05) is 36.3 Å². The van der Waals surface area contributed by atoms with Crippen LogP contribution in [0.3, 0.4) is 0 Å². The Bertz CT molecular complexity index is 937. The summed E-state index contributed by atoms with van der Waals surface area (Å²) in [4.78, 5) is 16.0. The van der Waals surface area contributed by atoms with Crippen molar-refractivity contribution >= 4 is 0 Å². The Morgan fingerprint density at radius 2 is 1.83 bits per heavy atom. The van der Waals surface area contributed by atoms with Crippen LogP contribution in [-0.2, 0) is 6.54 Å². The van der Waals surface area contributed by atoms with Crippen molar-refractivity contribution in [2.75, 3.05) is 0 Å². The van der Waals surface area contributed by atoms with Crippen molar-refractivity contribution in [2.45, 2.75) is 6.54 Å². The number of nitrogens with zero attached hydrogens (tertiary/aromatic N) is 2. The molecule has 23 heavy (non-hydrogen) atoms. The molecule has 0 atom stereocenters. The normalized spacial score (nSPS) is 9.96. The predicted molar refractivity (Wildman–Crippen MR) is 86.4 cm³/mol. The van der Waals surface area contributed by atoms with Gasteiger partial charge in [-0.2, -0.15) is 4.98 Å². The van der Waals surface area contributed by atoms with Gasteiger partial charge in [0, 0.05) is 11.8 Å².